The number of piperidine rings is 1. The highest BCUT2D eigenvalue weighted by atomic mass is 19.4. The highest BCUT2D eigenvalue weighted by Crippen LogP contribution is 2.51. The normalized spacial score (nSPS) is 21.0. The first-order valence-electron chi connectivity index (χ1n) is 9.36. The fraction of sp³-hybridized carbons (Fsp3) is 0.381. The molecule has 0 bridgehead atoms. The average Bonchev–Trinajstić information content (AvgIpc) is 2.94. The number of amides is 1. The van der Waals surface area contributed by atoms with Gasteiger partial charge in [-0.2, -0.15) is 13.2 Å². The van der Waals surface area contributed by atoms with E-state index in [-0.39, 0.29) is 29.9 Å². The summed E-state index contributed by atoms with van der Waals surface area (Å²) in [6.07, 6.45) is -5.13. The lowest BCUT2D eigenvalue weighted by Gasteiger charge is -2.36. The quantitative estimate of drug-likeness (QED) is 0.755. The summed E-state index contributed by atoms with van der Waals surface area (Å²) in [5.41, 5.74) is 0.669. The average molecular weight is 406 g/mol. The van der Waals surface area contributed by atoms with E-state index in [1.807, 2.05) is 19.1 Å². The molecule has 2 heterocycles. The van der Waals surface area contributed by atoms with Crippen LogP contribution in [-0.4, -0.2) is 42.3 Å². The Hall–Kier alpha value is -2.90. The monoisotopic (exact) mass is 406 g/mol. The molecule has 2 aliphatic heterocycles. The van der Waals surface area contributed by atoms with E-state index in [0.29, 0.717) is 24.3 Å². The van der Waals surface area contributed by atoms with Crippen LogP contribution in [0.15, 0.2) is 36.4 Å². The fourth-order valence-corrected chi connectivity index (χ4v) is 4.43. The molecule has 1 N–H and O–H groups in total. The van der Waals surface area contributed by atoms with Crippen molar-refractivity contribution >= 4 is 11.8 Å². The Morgan fingerprint density at radius 2 is 1.97 bits per heavy atom. The van der Waals surface area contributed by atoms with Crippen molar-refractivity contribution in [2.45, 2.75) is 31.5 Å². The van der Waals surface area contributed by atoms with Crippen molar-refractivity contribution in [3.05, 3.63) is 53.1 Å². The number of ether oxygens (including phenoxy) is 1. The molecule has 5 nitrogen and oxygen atoms in total. The molecule has 29 heavy (non-hydrogen) atoms. The third-order valence-electron chi connectivity index (χ3n) is 5.84. The summed E-state index contributed by atoms with van der Waals surface area (Å²) >= 11 is 0. The van der Waals surface area contributed by atoms with Crippen LogP contribution in [0.5, 0.6) is 11.5 Å². The highest BCUT2D eigenvalue weighted by molar-refractivity contribution is 5.71. The molecule has 0 radical (unpaired) electrons. The van der Waals surface area contributed by atoms with Gasteiger partial charge in [-0.05, 0) is 42.7 Å². The SMILES string of the molecule is Cc1ccccc1Oc1cc2c(c(C(F)(F)F)c1)N(C)C1CCN(C(=O)O)CC21. The van der Waals surface area contributed by atoms with Gasteiger partial charge in [-0.3, -0.25) is 0 Å². The Morgan fingerprint density at radius 1 is 1.24 bits per heavy atom. The molecular weight excluding hydrogens is 385 g/mol. The van der Waals surface area contributed by atoms with Crippen molar-refractivity contribution in [3.63, 3.8) is 0 Å². The van der Waals surface area contributed by atoms with Gasteiger partial charge in [0.2, 0.25) is 0 Å². The lowest BCUT2D eigenvalue weighted by molar-refractivity contribution is -0.137. The molecule has 1 saturated heterocycles. The molecule has 4 rings (SSSR count). The van der Waals surface area contributed by atoms with Gasteiger partial charge in [-0.25, -0.2) is 4.79 Å². The Balaban J connectivity index is 1.81. The Kier molecular flexibility index (Phi) is 4.59. The molecule has 2 aromatic rings. The number of hydrogen-bond acceptors (Lipinski definition) is 3. The van der Waals surface area contributed by atoms with E-state index in [2.05, 4.69) is 0 Å². The predicted octanol–water partition coefficient (Wildman–Crippen LogP) is 5.09. The number of likely N-dealkylation sites (tertiary alicyclic amines) is 1. The molecule has 0 saturated carbocycles. The van der Waals surface area contributed by atoms with Crippen LogP contribution < -0.4 is 9.64 Å². The minimum Gasteiger partial charge on any atom is -0.465 e. The maximum absolute atomic E-state index is 13.9. The first-order chi connectivity index (χ1) is 13.7. The number of carbonyl (C=O) groups is 1. The van der Waals surface area contributed by atoms with Crippen LogP contribution in [0.2, 0.25) is 0 Å². The molecule has 8 heteroatoms. The number of likely N-dealkylation sites (N-methyl/N-ethyl adjacent to an activating group) is 1. The van der Waals surface area contributed by atoms with E-state index in [9.17, 15) is 23.1 Å². The smallest absolute Gasteiger partial charge is 0.418 e. The summed E-state index contributed by atoms with van der Waals surface area (Å²) in [5.74, 6) is 0.257. The van der Waals surface area contributed by atoms with Gasteiger partial charge in [-0.15, -0.1) is 0 Å². The van der Waals surface area contributed by atoms with Gasteiger partial charge in [0.05, 0.1) is 11.3 Å². The third kappa shape index (κ3) is 3.36. The first kappa shape index (κ1) is 19.4. The van der Waals surface area contributed by atoms with Crippen molar-refractivity contribution in [1.82, 2.24) is 4.90 Å². The highest BCUT2D eigenvalue weighted by Gasteiger charge is 2.47. The van der Waals surface area contributed by atoms with Crippen molar-refractivity contribution < 1.29 is 27.8 Å². The second-order valence-electron chi connectivity index (χ2n) is 7.58. The number of aryl methyl sites for hydroxylation is 1. The van der Waals surface area contributed by atoms with Gasteiger partial charge >= 0.3 is 12.3 Å². The largest absolute Gasteiger partial charge is 0.465 e. The van der Waals surface area contributed by atoms with Crippen molar-refractivity contribution in [1.29, 1.82) is 0 Å². The van der Waals surface area contributed by atoms with Crippen molar-refractivity contribution in [2.75, 3.05) is 25.0 Å². The van der Waals surface area contributed by atoms with Gasteiger partial charge in [0.25, 0.3) is 0 Å². The minimum absolute atomic E-state index is 0.104. The number of halogens is 3. The van der Waals surface area contributed by atoms with Crippen molar-refractivity contribution in [3.8, 4) is 11.5 Å². The van der Waals surface area contributed by atoms with Crippen molar-refractivity contribution in [2.24, 2.45) is 0 Å². The summed E-state index contributed by atoms with van der Waals surface area (Å²) in [5, 5.41) is 9.34. The lowest BCUT2D eigenvalue weighted by Crippen LogP contribution is -2.46. The maximum Gasteiger partial charge on any atom is 0.418 e. The molecule has 2 atom stereocenters. The second-order valence-corrected chi connectivity index (χ2v) is 7.58. The van der Waals surface area contributed by atoms with Gasteiger partial charge < -0.3 is 19.6 Å². The number of rotatable bonds is 2. The van der Waals surface area contributed by atoms with Crippen LogP contribution in [0.4, 0.5) is 23.7 Å². The molecule has 2 aromatic carbocycles. The summed E-state index contributed by atoms with van der Waals surface area (Å²) in [4.78, 5) is 14.3. The molecule has 2 aliphatic rings. The van der Waals surface area contributed by atoms with E-state index >= 15 is 0 Å². The number of hydrogen-bond donors (Lipinski definition) is 1. The number of fused-ring (bicyclic) bond motifs is 3. The fourth-order valence-electron chi connectivity index (χ4n) is 4.43. The molecule has 2 unspecified atom stereocenters. The Bertz CT molecular complexity index is 961. The van der Waals surface area contributed by atoms with E-state index in [1.54, 1.807) is 30.1 Å². The van der Waals surface area contributed by atoms with Gasteiger partial charge in [0.1, 0.15) is 11.5 Å². The second kappa shape index (κ2) is 6.86. The molecule has 0 aliphatic carbocycles. The minimum atomic E-state index is -4.55. The third-order valence-corrected chi connectivity index (χ3v) is 5.84. The molecule has 1 amide bonds. The van der Waals surface area contributed by atoms with Crippen LogP contribution in [0, 0.1) is 6.92 Å². The molecule has 154 valence electrons. The summed E-state index contributed by atoms with van der Waals surface area (Å²) in [7, 11) is 1.65. The Labute approximate surface area is 166 Å². The number of para-hydroxylation sites is 1. The number of benzene rings is 2. The number of carboxylic acid groups (broad SMARTS) is 1. The van der Waals surface area contributed by atoms with Gasteiger partial charge in [-0.1, -0.05) is 18.2 Å². The molecule has 0 aromatic heterocycles. The van der Waals surface area contributed by atoms with Crippen LogP contribution in [0.25, 0.3) is 0 Å². The first-order valence-corrected chi connectivity index (χ1v) is 9.36. The van der Waals surface area contributed by atoms with Crippen LogP contribution in [0.3, 0.4) is 0 Å². The predicted molar refractivity (Wildman–Crippen MR) is 102 cm³/mol. The summed E-state index contributed by atoms with van der Waals surface area (Å²) in [6, 6.07) is 9.61. The zero-order valence-corrected chi connectivity index (χ0v) is 16.0. The molecule has 1 fully saturated rings. The molecule has 0 spiro atoms. The number of anilines is 1. The van der Waals surface area contributed by atoms with E-state index in [0.717, 1.165) is 11.6 Å². The lowest BCUT2D eigenvalue weighted by atomic mass is 9.88. The number of alkyl halides is 3. The summed E-state index contributed by atoms with van der Waals surface area (Å²) < 4.78 is 47.5. The van der Waals surface area contributed by atoms with Gasteiger partial charge in [0.15, 0.2) is 0 Å². The zero-order valence-electron chi connectivity index (χ0n) is 16.0. The number of nitrogens with zero attached hydrogens (tertiary/aromatic N) is 2. The maximum atomic E-state index is 13.9. The van der Waals surface area contributed by atoms with E-state index < -0.39 is 17.8 Å². The zero-order chi connectivity index (χ0) is 20.9. The van der Waals surface area contributed by atoms with E-state index in [4.69, 9.17) is 4.74 Å². The Morgan fingerprint density at radius 3 is 2.62 bits per heavy atom. The van der Waals surface area contributed by atoms with Gasteiger partial charge in [0, 0.05) is 32.1 Å². The van der Waals surface area contributed by atoms with E-state index in [1.165, 1.54) is 4.90 Å². The van der Waals surface area contributed by atoms with Crippen LogP contribution in [-0.2, 0) is 6.18 Å². The summed E-state index contributed by atoms with van der Waals surface area (Å²) in [6.45, 7) is 2.30. The van der Waals surface area contributed by atoms with Crippen LogP contribution >= 0.6 is 0 Å². The van der Waals surface area contributed by atoms with Crippen LogP contribution in [0.1, 0.15) is 29.0 Å². The topological polar surface area (TPSA) is 53.0 Å². The standard InChI is InChI=1S/C21H21F3N2O3/c1-12-5-3-4-6-18(12)29-13-9-14-15-11-26(20(27)28)8-7-17(15)25(2)19(14)16(10-13)21(22,23)24/h3-6,9-10,15,17H,7-8,11H2,1-2H3,(H,27,28). The molecular formula is C21H21F3N2O3.